The lowest BCUT2D eigenvalue weighted by atomic mass is 10.1. The molecule has 15 heavy (non-hydrogen) atoms. The van der Waals surface area contributed by atoms with Crippen molar-refractivity contribution in [2.75, 3.05) is 13.1 Å². The molecule has 5 nitrogen and oxygen atoms in total. The minimum absolute atomic E-state index is 0.489. The van der Waals surface area contributed by atoms with Crippen molar-refractivity contribution < 1.29 is 0 Å². The third kappa shape index (κ3) is 1.41. The van der Waals surface area contributed by atoms with Gasteiger partial charge in [-0.2, -0.15) is 0 Å². The molecule has 3 heterocycles. The van der Waals surface area contributed by atoms with Crippen LogP contribution in [0.25, 0.3) is 11.4 Å². The Labute approximate surface area is 87.2 Å². The minimum Gasteiger partial charge on any atom is -0.313 e. The normalized spacial score (nSPS) is 16.3. The summed E-state index contributed by atoms with van der Waals surface area (Å²) in [5, 5.41) is 11.4. The van der Waals surface area contributed by atoms with E-state index in [0.29, 0.717) is 6.04 Å². The van der Waals surface area contributed by atoms with Crippen molar-refractivity contribution in [2.24, 2.45) is 0 Å². The van der Waals surface area contributed by atoms with E-state index < -0.39 is 0 Å². The van der Waals surface area contributed by atoms with Crippen molar-refractivity contribution in [2.45, 2.75) is 6.04 Å². The van der Waals surface area contributed by atoms with Crippen LogP contribution in [0.5, 0.6) is 0 Å². The maximum atomic E-state index is 4.15. The van der Waals surface area contributed by atoms with E-state index >= 15 is 0 Å². The third-order valence-electron chi connectivity index (χ3n) is 2.66. The number of hydrogen-bond donors (Lipinski definition) is 1. The molecule has 1 saturated heterocycles. The van der Waals surface area contributed by atoms with E-state index in [-0.39, 0.29) is 0 Å². The molecule has 76 valence electrons. The average Bonchev–Trinajstić information content (AvgIpc) is 2.65. The van der Waals surface area contributed by atoms with Gasteiger partial charge in [0.25, 0.3) is 0 Å². The van der Waals surface area contributed by atoms with E-state index in [9.17, 15) is 0 Å². The van der Waals surface area contributed by atoms with Crippen molar-refractivity contribution in [1.29, 1.82) is 0 Å². The van der Waals surface area contributed by atoms with Crippen molar-refractivity contribution in [1.82, 2.24) is 25.1 Å². The van der Waals surface area contributed by atoms with Crippen LogP contribution in [0, 0.1) is 0 Å². The molecule has 0 radical (unpaired) electrons. The highest BCUT2D eigenvalue weighted by Crippen LogP contribution is 2.21. The van der Waals surface area contributed by atoms with Gasteiger partial charge in [-0.1, -0.05) is 0 Å². The Balaban J connectivity index is 2.01. The van der Waals surface area contributed by atoms with Crippen LogP contribution in [-0.4, -0.2) is 32.8 Å². The zero-order valence-electron chi connectivity index (χ0n) is 8.17. The molecule has 0 spiro atoms. The Morgan fingerprint density at radius 1 is 1.27 bits per heavy atom. The van der Waals surface area contributed by atoms with E-state index in [2.05, 4.69) is 25.1 Å². The topological polar surface area (TPSA) is 55.6 Å². The number of aromatic nitrogens is 4. The number of pyridine rings is 1. The molecule has 0 aliphatic carbocycles. The predicted octanol–water partition coefficient (Wildman–Crippen LogP) is 0.484. The van der Waals surface area contributed by atoms with Crippen molar-refractivity contribution in [3.63, 3.8) is 0 Å². The SMILES string of the molecule is c1cc(-c2nncn2C2CNC2)ccn1. The second-order valence-corrected chi connectivity index (χ2v) is 3.61. The van der Waals surface area contributed by atoms with Crippen LogP contribution in [0.1, 0.15) is 6.04 Å². The van der Waals surface area contributed by atoms with Crippen LogP contribution in [0.15, 0.2) is 30.9 Å². The van der Waals surface area contributed by atoms with E-state index in [1.165, 1.54) is 0 Å². The molecule has 1 aliphatic heterocycles. The fourth-order valence-electron chi connectivity index (χ4n) is 1.69. The van der Waals surface area contributed by atoms with Crippen LogP contribution < -0.4 is 5.32 Å². The van der Waals surface area contributed by atoms with Crippen LogP contribution in [0.4, 0.5) is 0 Å². The van der Waals surface area contributed by atoms with Crippen LogP contribution in [0.3, 0.4) is 0 Å². The molecule has 0 saturated carbocycles. The molecular formula is C10H11N5. The van der Waals surface area contributed by atoms with Crippen molar-refractivity contribution in [3.05, 3.63) is 30.9 Å². The first-order valence-electron chi connectivity index (χ1n) is 4.96. The summed E-state index contributed by atoms with van der Waals surface area (Å²) in [5.74, 6) is 0.920. The molecule has 0 bridgehead atoms. The first-order chi connectivity index (χ1) is 7.45. The maximum absolute atomic E-state index is 4.15. The van der Waals surface area contributed by atoms with Crippen molar-refractivity contribution in [3.8, 4) is 11.4 Å². The second kappa shape index (κ2) is 3.43. The standard InChI is InChI=1S/C10H11N5/c1-3-11-4-2-8(1)10-14-13-7-15(10)9-5-12-6-9/h1-4,7,9,12H,5-6H2. The third-order valence-corrected chi connectivity index (χ3v) is 2.66. The summed E-state index contributed by atoms with van der Waals surface area (Å²) in [5.41, 5.74) is 1.06. The summed E-state index contributed by atoms with van der Waals surface area (Å²) in [6, 6.07) is 4.39. The first kappa shape index (κ1) is 8.55. The lowest BCUT2D eigenvalue weighted by Crippen LogP contribution is -2.43. The van der Waals surface area contributed by atoms with Crippen molar-refractivity contribution >= 4 is 0 Å². The molecular weight excluding hydrogens is 190 g/mol. The summed E-state index contributed by atoms with van der Waals surface area (Å²) in [4.78, 5) is 3.99. The Morgan fingerprint density at radius 2 is 2.07 bits per heavy atom. The summed E-state index contributed by atoms with van der Waals surface area (Å²) < 4.78 is 2.12. The van der Waals surface area contributed by atoms with Gasteiger partial charge in [0.1, 0.15) is 6.33 Å². The molecule has 5 heteroatoms. The van der Waals surface area contributed by atoms with Crippen LogP contribution in [0.2, 0.25) is 0 Å². The summed E-state index contributed by atoms with van der Waals surface area (Å²) in [6.07, 6.45) is 5.34. The molecule has 2 aromatic heterocycles. The zero-order valence-corrected chi connectivity index (χ0v) is 8.17. The predicted molar refractivity (Wildman–Crippen MR) is 55.2 cm³/mol. The molecule has 3 rings (SSSR count). The zero-order chi connectivity index (χ0) is 10.1. The molecule has 1 N–H and O–H groups in total. The molecule has 0 amide bonds. The Kier molecular flexibility index (Phi) is 1.96. The highest BCUT2D eigenvalue weighted by Gasteiger charge is 2.21. The lowest BCUT2D eigenvalue weighted by molar-refractivity contribution is 0.345. The van der Waals surface area contributed by atoms with E-state index in [0.717, 1.165) is 24.5 Å². The molecule has 0 unspecified atom stereocenters. The average molecular weight is 201 g/mol. The summed E-state index contributed by atoms with van der Waals surface area (Å²) >= 11 is 0. The summed E-state index contributed by atoms with van der Waals surface area (Å²) in [7, 11) is 0. The van der Waals surface area contributed by atoms with Gasteiger partial charge >= 0.3 is 0 Å². The van der Waals surface area contributed by atoms with Gasteiger partial charge < -0.3 is 9.88 Å². The van der Waals surface area contributed by atoms with Crippen LogP contribution in [-0.2, 0) is 0 Å². The van der Waals surface area contributed by atoms with Gasteiger partial charge in [0.05, 0.1) is 6.04 Å². The number of rotatable bonds is 2. The maximum Gasteiger partial charge on any atom is 0.164 e. The van der Waals surface area contributed by atoms with E-state index in [4.69, 9.17) is 0 Å². The fraction of sp³-hybridized carbons (Fsp3) is 0.300. The van der Waals surface area contributed by atoms with Gasteiger partial charge in [0.15, 0.2) is 5.82 Å². The smallest absolute Gasteiger partial charge is 0.164 e. The van der Waals surface area contributed by atoms with Gasteiger partial charge in [-0.05, 0) is 12.1 Å². The van der Waals surface area contributed by atoms with E-state index in [1.54, 1.807) is 18.7 Å². The van der Waals surface area contributed by atoms with Gasteiger partial charge in [0.2, 0.25) is 0 Å². The highest BCUT2D eigenvalue weighted by molar-refractivity contribution is 5.53. The number of hydrogen-bond acceptors (Lipinski definition) is 4. The Bertz CT molecular complexity index is 446. The fourth-order valence-corrected chi connectivity index (χ4v) is 1.69. The van der Waals surface area contributed by atoms with E-state index in [1.807, 2.05) is 12.1 Å². The first-order valence-corrected chi connectivity index (χ1v) is 4.96. The molecule has 1 aliphatic rings. The Morgan fingerprint density at radius 3 is 2.73 bits per heavy atom. The summed E-state index contributed by atoms with van der Waals surface area (Å²) in [6.45, 7) is 1.99. The second-order valence-electron chi connectivity index (χ2n) is 3.61. The van der Waals surface area contributed by atoms with Gasteiger partial charge in [-0.25, -0.2) is 0 Å². The van der Waals surface area contributed by atoms with Gasteiger partial charge in [0, 0.05) is 31.0 Å². The molecule has 0 atom stereocenters. The minimum atomic E-state index is 0.489. The lowest BCUT2D eigenvalue weighted by Gasteiger charge is -2.29. The number of nitrogens with one attached hydrogen (secondary N) is 1. The molecule has 2 aromatic rings. The Hall–Kier alpha value is -1.75. The molecule has 1 fully saturated rings. The van der Waals surface area contributed by atoms with Crippen LogP contribution >= 0.6 is 0 Å². The molecule has 0 aromatic carbocycles. The quantitative estimate of drug-likeness (QED) is 0.768. The van der Waals surface area contributed by atoms with Gasteiger partial charge in [-0.15, -0.1) is 10.2 Å². The monoisotopic (exact) mass is 201 g/mol. The highest BCUT2D eigenvalue weighted by atomic mass is 15.3. The van der Waals surface area contributed by atoms with Gasteiger partial charge in [-0.3, -0.25) is 4.98 Å². The number of nitrogens with zero attached hydrogens (tertiary/aromatic N) is 4. The largest absolute Gasteiger partial charge is 0.313 e.